The number of benzene rings is 2. The van der Waals surface area contributed by atoms with E-state index in [4.69, 9.17) is 26.4 Å². The summed E-state index contributed by atoms with van der Waals surface area (Å²) in [6.45, 7) is 2.93. The zero-order valence-electron chi connectivity index (χ0n) is 21.4. The van der Waals surface area contributed by atoms with E-state index in [9.17, 15) is 13.2 Å². The fourth-order valence-corrected chi connectivity index (χ4v) is 7.27. The van der Waals surface area contributed by atoms with E-state index >= 15 is 0 Å². The van der Waals surface area contributed by atoms with Gasteiger partial charge in [0.05, 0.1) is 51.1 Å². The Bertz CT molecular complexity index is 1820. The van der Waals surface area contributed by atoms with Gasteiger partial charge in [-0.3, -0.25) is 4.79 Å². The molecule has 2 aromatic carbocycles. The topological polar surface area (TPSA) is 106 Å². The molecule has 9 nitrogen and oxygen atoms in total. The summed E-state index contributed by atoms with van der Waals surface area (Å²) in [5, 5.41) is 10.2. The first kappa shape index (κ1) is 26.6. The summed E-state index contributed by atoms with van der Waals surface area (Å²) in [6.07, 6.45) is 0. The van der Waals surface area contributed by atoms with Gasteiger partial charge in [0.25, 0.3) is 5.91 Å². The third-order valence-electron chi connectivity index (χ3n) is 6.61. The van der Waals surface area contributed by atoms with Gasteiger partial charge in [0.2, 0.25) is 10.0 Å². The monoisotopic (exact) mass is 593 g/mol. The number of hydrogen-bond acceptors (Lipinski definition) is 7. The number of rotatable bonds is 6. The molecule has 1 aliphatic rings. The normalized spacial score (nSPS) is 14.4. The number of para-hydroxylation sites is 1. The van der Waals surface area contributed by atoms with E-state index in [-0.39, 0.29) is 23.0 Å². The maximum absolute atomic E-state index is 13.8. The molecule has 5 aromatic rings. The molecule has 0 spiro atoms. The number of carbonyl (C=O) groups excluding carboxylic acids is 1. The molecule has 6 rings (SSSR count). The summed E-state index contributed by atoms with van der Waals surface area (Å²) in [5.74, 6) is -0.419. The Labute approximate surface area is 240 Å². The van der Waals surface area contributed by atoms with Crippen LogP contribution in [0.1, 0.15) is 16.1 Å². The average molecular weight is 594 g/mol. The maximum Gasteiger partial charge on any atom is 0.256 e. The number of anilines is 1. The predicted molar refractivity (Wildman–Crippen MR) is 156 cm³/mol. The summed E-state index contributed by atoms with van der Waals surface area (Å²) >= 11 is 7.84. The number of nitrogens with zero attached hydrogens (tertiary/aromatic N) is 4. The van der Waals surface area contributed by atoms with Gasteiger partial charge >= 0.3 is 0 Å². The Morgan fingerprint density at radius 1 is 1.05 bits per heavy atom. The lowest BCUT2D eigenvalue weighted by Gasteiger charge is -2.26. The van der Waals surface area contributed by atoms with Crippen molar-refractivity contribution in [2.24, 2.45) is 0 Å². The van der Waals surface area contributed by atoms with Crippen molar-refractivity contribution < 1.29 is 17.9 Å². The second-order valence-corrected chi connectivity index (χ2v) is 12.4. The number of nitrogens with one attached hydrogen (secondary N) is 1. The van der Waals surface area contributed by atoms with Crippen LogP contribution < -0.4 is 5.32 Å². The number of aromatic nitrogens is 3. The van der Waals surface area contributed by atoms with Crippen molar-refractivity contribution in [3.63, 3.8) is 0 Å². The summed E-state index contributed by atoms with van der Waals surface area (Å²) in [4.78, 5) is 19.5. The lowest BCUT2D eigenvalue weighted by molar-refractivity contribution is 0.0730. The smallest absolute Gasteiger partial charge is 0.256 e. The lowest BCUT2D eigenvalue weighted by Crippen LogP contribution is -2.40. The number of hydrogen-bond donors (Lipinski definition) is 1. The molecule has 204 valence electrons. The largest absolute Gasteiger partial charge is 0.379 e. The van der Waals surface area contributed by atoms with Gasteiger partial charge < -0.3 is 10.1 Å². The maximum atomic E-state index is 13.8. The number of pyridine rings is 1. The van der Waals surface area contributed by atoms with E-state index in [0.29, 0.717) is 46.9 Å². The minimum absolute atomic E-state index is 0.0684. The molecule has 0 saturated carbocycles. The second-order valence-electron chi connectivity index (χ2n) is 9.18. The number of halogens is 1. The molecule has 0 unspecified atom stereocenters. The number of aryl methyl sites for hydroxylation is 1. The number of morpholine rings is 1. The van der Waals surface area contributed by atoms with E-state index in [1.165, 1.54) is 27.8 Å². The Morgan fingerprint density at radius 2 is 1.82 bits per heavy atom. The zero-order chi connectivity index (χ0) is 27.9. The van der Waals surface area contributed by atoms with Crippen molar-refractivity contribution >= 4 is 55.6 Å². The lowest BCUT2D eigenvalue weighted by atomic mass is 10.1. The fourth-order valence-electron chi connectivity index (χ4n) is 4.67. The molecule has 1 aliphatic heterocycles. The van der Waals surface area contributed by atoms with Crippen LogP contribution in [-0.2, 0) is 14.8 Å². The molecular weight excluding hydrogens is 570 g/mol. The van der Waals surface area contributed by atoms with Crippen molar-refractivity contribution in [2.75, 3.05) is 31.6 Å². The SMILES string of the molecule is Cc1nn(-c2ccccc2)c2nc(-c3cccs3)cc(C(=O)Nc3ccc(Cl)c(S(=O)(=O)N4CCOCC4)c3)c12. The molecule has 12 heteroatoms. The van der Waals surface area contributed by atoms with Crippen LogP contribution in [0.15, 0.2) is 77.0 Å². The zero-order valence-corrected chi connectivity index (χ0v) is 23.8. The molecule has 0 aliphatic carbocycles. The van der Waals surface area contributed by atoms with E-state index in [0.717, 1.165) is 10.6 Å². The first-order valence-electron chi connectivity index (χ1n) is 12.5. The Balaban J connectivity index is 1.43. The van der Waals surface area contributed by atoms with Crippen molar-refractivity contribution in [2.45, 2.75) is 11.8 Å². The van der Waals surface area contributed by atoms with Gasteiger partial charge in [0.1, 0.15) is 4.90 Å². The molecule has 1 fully saturated rings. The molecule has 0 bridgehead atoms. The van der Waals surface area contributed by atoms with Crippen molar-refractivity contribution in [1.29, 1.82) is 0 Å². The Kier molecular flexibility index (Phi) is 7.15. The van der Waals surface area contributed by atoms with Crippen LogP contribution >= 0.6 is 22.9 Å². The number of amides is 1. The highest BCUT2D eigenvalue weighted by atomic mass is 35.5. The number of ether oxygens (including phenoxy) is 1. The van der Waals surface area contributed by atoms with Crippen LogP contribution in [0.5, 0.6) is 0 Å². The standard InChI is InChI=1S/C28H24ClN5O4S2/c1-18-26-21(17-23(24-8-5-15-39-24)31-27(26)34(32-18)20-6-3-2-4-7-20)28(35)30-19-9-10-22(29)25(16-19)40(36,37)33-11-13-38-14-12-33/h2-10,15-17H,11-14H2,1H3,(H,30,35). The first-order valence-corrected chi connectivity index (χ1v) is 15.2. The minimum atomic E-state index is -3.87. The molecule has 0 radical (unpaired) electrons. The van der Waals surface area contributed by atoms with Gasteiger partial charge in [-0.25, -0.2) is 18.1 Å². The highest BCUT2D eigenvalue weighted by molar-refractivity contribution is 7.89. The number of carbonyl (C=O) groups is 1. The van der Waals surface area contributed by atoms with Gasteiger partial charge in [-0.15, -0.1) is 11.3 Å². The van der Waals surface area contributed by atoms with Crippen molar-refractivity contribution in [3.05, 3.63) is 88.4 Å². The molecule has 40 heavy (non-hydrogen) atoms. The van der Waals surface area contributed by atoms with Crippen LogP contribution in [0.3, 0.4) is 0 Å². The van der Waals surface area contributed by atoms with Crippen LogP contribution in [0, 0.1) is 6.92 Å². The van der Waals surface area contributed by atoms with Gasteiger partial charge in [0.15, 0.2) is 5.65 Å². The summed E-state index contributed by atoms with van der Waals surface area (Å²) in [6, 6.07) is 19.7. The molecule has 0 atom stereocenters. The van der Waals surface area contributed by atoms with Crippen LogP contribution in [0.25, 0.3) is 27.3 Å². The quantitative estimate of drug-likeness (QED) is 0.283. The third-order valence-corrected chi connectivity index (χ3v) is 9.88. The number of thiophene rings is 1. The average Bonchev–Trinajstić information content (AvgIpc) is 3.63. The Morgan fingerprint density at radius 3 is 2.55 bits per heavy atom. The van der Waals surface area contributed by atoms with Gasteiger partial charge in [-0.05, 0) is 54.8 Å². The van der Waals surface area contributed by atoms with Gasteiger partial charge in [0, 0.05) is 18.8 Å². The highest BCUT2D eigenvalue weighted by Gasteiger charge is 2.29. The van der Waals surface area contributed by atoms with Crippen LogP contribution in [0.4, 0.5) is 5.69 Å². The molecular formula is C28H24ClN5O4S2. The summed E-state index contributed by atoms with van der Waals surface area (Å²) in [5.41, 5.74) is 3.32. The molecule has 4 heterocycles. The summed E-state index contributed by atoms with van der Waals surface area (Å²) in [7, 11) is -3.87. The minimum Gasteiger partial charge on any atom is -0.379 e. The number of sulfonamides is 1. The fraction of sp³-hybridized carbons (Fsp3) is 0.179. The van der Waals surface area contributed by atoms with Crippen LogP contribution in [0.2, 0.25) is 5.02 Å². The molecule has 1 N–H and O–H groups in total. The van der Waals surface area contributed by atoms with Gasteiger partial charge in [-0.1, -0.05) is 35.9 Å². The van der Waals surface area contributed by atoms with E-state index in [1.807, 2.05) is 54.8 Å². The third kappa shape index (κ3) is 4.91. The van der Waals surface area contributed by atoms with E-state index in [2.05, 4.69) is 5.32 Å². The van der Waals surface area contributed by atoms with Crippen molar-refractivity contribution in [1.82, 2.24) is 19.1 Å². The predicted octanol–water partition coefficient (Wildman–Crippen LogP) is 5.38. The molecule has 1 amide bonds. The molecule has 3 aromatic heterocycles. The van der Waals surface area contributed by atoms with E-state index < -0.39 is 15.9 Å². The highest BCUT2D eigenvalue weighted by Crippen LogP contribution is 2.32. The number of fused-ring (bicyclic) bond motifs is 1. The van der Waals surface area contributed by atoms with Crippen molar-refractivity contribution in [3.8, 4) is 16.3 Å². The summed E-state index contributed by atoms with van der Waals surface area (Å²) < 4.78 is 35.0. The molecule has 1 saturated heterocycles. The van der Waals surface area contributed by atoms with Crippen LogP contribution in [-0.4, -0.2) is 59.7 Å². The Hall–Kier alpha value is -3.61. The first-order chi connectivity index (χ1) is 19.3. The second kappa shape index (κ2) is 10.8. The van der Waals surface area contributed by atoms with Gasteiger partial charge in [-0.2, -0.15) is 9.40 Å². The van der Waals surface area contributed by atoms with E-state index in [1.54, 1.807) is 16.8 Å².